The van der Waals surface area contributed by atoms with Crippen LogP contribution in [0.5, 0.6) is 5.75 Å². The fourth-order valence-electron chi connectivity index (χ4n) is 3.89. The Kier molecular flexibility index (Phi) is 7.84. The number of carbonyl (C=O) groups is 2. The standard InChI is InChI=1S/C22H27N3O6S/c1-31-18-8-10-19(11-9-18)32(29,30)25(15-16-5-3-2-4-6-16)21(22(27)24-28)17-7-12-20(26)23-14-13-17/h2-6,8-11,17,21,28H,7,12-15H2,1H3,(H,23,26)(H,24,27)/t17?,21-/m1/s1. The van der Waals surface area contributed by atoms with E-state index < -0.39 is 27.9 Å². The first-order valence-corrected chi connectivity index (χ1v) is 11.7. The van der Waals surface area contributed by atoms with Crippen molar-refractivity contribution >= 4 is 21.8 Å². The first-order valence-electron chi connectivity index (χ1n) is 10.3. The van der Waals surface area contributed by atoms with E-state index in [9.17, 15) is 23.2 Å². The van der Waals surface area contributed by atoms with E-state index >= 15 is 0 Å². The predicted molar refractivity (Wildman–Crippen MR) is 116 cm³/mol. The van der Waals surface area contributed by atoms with E-state index in [0.29, 0.717) is 30.7 Å². The van der Waals surface area contributed by atoms with Crippen molar-refractivity contribution in [1.82, 2.24) is 15.1 Å². The third-order valence-electron chi connectivity index (χ3n) is 5.56. The second-order valence-electron chi connectivity index (χ2n) is 7.57. The number of benzene rings is 2. The summed E-state index contributed by atoms with van der Waals surface area (Å²) in [5.74, 6) is -0.963. The van der Waals surface area contributed by atoms with Crippen molar-refractivity contribution in [3.05, 3.63) is 60.2 Å². The molecule has 9 nitrogen and oxygen atoms in total. The van der Waals surface area contributed by atoms with Crippen LogP contribution in [0.1, 0.15) is 24.8 Å². The molecule has 0 aliphatic carbocycles. The molecule has 2 aromatic carbocycles. The maximum atomic E-state index is 13.7. The van der Waals surface area contributed by atoms with Crippen molar-refractivity contribution in [2.24, 2.45) is 5.92 Å². The second-order valence-corrected chi connectivity index (χ2v) is 9.46. The third-order valence-corrected chi connectivity index (χ3v) is 7.40. The van der Waals surface area contributed by atoms with E-state index in [-0.39, 0.29) is 23.8 Å². The first-order chi connectivity index (χ1) is 15.4. The number of nitrogens with zero attached hydrogens (tertiary/aromatic N) is 1. The molecule has 10 heteroatoms. The number of amides is 2. The van der Waals surface area contributed by atoms with Gasteiger partial charge in [-0.25, -0.2) is 13.9 Å². The van der Waals surface area contributed by atoms with Gasteiger partial charge in [-0.05, 0) is 48.6 Å². The Hall–Kier alpha value is -2.95. The minimum absolute atomic E-state index is 0.00667. The molecule has 1 aliphatic rings. The number of sulfonamides is 1. The van der Waals surface area contributed by atoms with Gasteiger partial charge in [-0.15, -0.1) is 0 Å². The van der Waals surface area contributed by atoms with Gasteiger partial charge in [0.1, 0.15) is 11.8 Å². The Bertz CT molecular complexity index is 1030. The number of hydrogen-bond acceptors (Lipinski definition) is 6. The van der Waals surface area contributed by atoms with Gasteiger partial charge in [0.15, 0.2) is 0 Å². The van der Waals surface area contributed by atoms with Crippen molar-refractivity contribution in [2.45, 2.75) is 36.7 Å². The van der Waals surface area contributed by atoms with E-state index in [0.717, 1.165) is 4.31 Å². The maximum absolute atomic E-state index is 13.7. The second kappa shape index (κ2) is 10.6. The lowest BCUT2D eigenvalue weighted by Gasteiger charge is -2.34. The lowest BCUT2D eigenvalue weighted by atomic mass is 9.91. The fourth-order valence-corrected chi connectivity index (χ4v) is 5.52. The minimum atomic E-state index is -4.15. The van der Waals surface area contributed by atoms with Crippen LogP contribution in [-0.4, -0.2) is 49.4 Å². The van der Waals surface area contributed by atoms with E-state index in [2.05, 4.69) is 5.32 Å². The molecular weight excluding hydrogens is 434 g/mol. The van der Waals surface area contributed by atoms with Crippen LogP contribution in [0.3, 0.4) is 0 Å². The summed E-state index contributed by atoms with van der Waals surface area (Å²) in [5, 5.41) is 12.2. The highest BCUT2D eigenvalue weighted by Crippen LogP contribution is 2.30. The van der Waals surface area contributed by atoms with Crippen LogP contribution >= 0.6 is 0 Å². The van der Waals surface area contributed by atoms with E-state index in [1.54, 1.807) is 29.7 Å². The maximum Gasteiger partial charge on any atom is 0.262 e. The van der Waals surface area contributed by atoms with Crippen LogP contribution in [-0.2, 0) is 26.2 Å². The summed E-state index contributed by atoms with van der Waals surface area (Å²) < 4.78 is 33.7. The number of hydrogen-bond donors (Lipinski definition) is 3. The van der Waals surface area contributed by atoms with Gasteiger partial charge in [-0.1, -0.05) is 30.3 Å². The summed E-state index contributed by atoms with van der Waals surface area (Å²) in [5.41, 5.74) is 2.32. The zero-order chi connectivity index (χ0) is 23.1. The van der Waals surface area contributed by atoms with Gasteiger partial charge in [0.25, 0.3) is 5.91 Å². The molecule has 0 radical (unpaired) electrons. The average Bonchev–Trinajstić information content (AvgIpc) is 3.03. The molecule has 1 heterocycles. The van der Waals surface area contributed by atoms with Gasteiger partial charge in [-0.2, -0.15) is 4.31 Å². The van der Waals surface area contributed by atoms with Gasteiger partial charge in [0.05, 0.1) is 12.0 Å². The smallest absolute Gasteiger partial charge is 0.262 e. The number of hydroxylamine groups is 1. The Morgan fingerprint density at radius 3 is 2.50 bits per heavy atom. The third kappa shape index (κ3) is 5.45. The zero-order valence-corrected chi connectivity index (χ0v) is 18.5. The first kappa shape index (κ1) is 23.7. The Balaban J connectivity index is 2.07. The van der Waals surface area contributed by atoms with Crippen LogP contribution in [0, 0.1) is 5.92 Å². The highest BCUT2D eigenvalue weighted by molar-refractivity contribution is 7.89. The summed E-state index contributed by atoms with van der Waals surface area (Å²) in [6.07, 6.45) is 0.877. The lowest BCUT2D eigenvalue weighted by molar-refractivity contribution is -0.135. The van der Waals surface area contributed by atoms with Crippen molar-refractivity contribution in [2.75, 3.05) is 13.7 Å². The molecule has 1 fully saturated rings. The minimum Gasteiger partial charge on any atom is -0.497 e. The number of rotatable bonds is 8. The molecule has 0 saturated carbocycles. The Labute approximate surface area is 187 Å². The Morgan fingerprint density at radius 1 is 1.19 bits per heavy atom. The number of nitrogens with one attached hydrogen (secondary N) is 2. The lowest BCUT2D eigenvalue weighted by Crippen LogP contribution is -2.52. The largest absolute Gasteiger partial charge is 0.497 e. The van der Waals surface area contributed by atoms with Gasteiger partial charge < -0.3 is 10.1 Å². The van der Waals surface area contributed by atoms with Gasteiger partial charge in [0, 0.05) is 19.5 Å². The average molecular weight is 462 g/mol. The van der Waals surface area contributed by atoms with Crippen LogP contribution in [0.2, 0.25) is 0 Å². The van der Waals surface area contributed by atoms with E-state index in [1.807, 2.05) is 6.07 Å². The molecule has 32 heavy (non-hydrogen) atoms. The number of carbonyl (C=O) groups excluding carboxylic acids is 2. The molecule has 1 saturated heterocycles. The molecule has 2 aromatic rings. The number of methoxy groups -OCH3 is 1. The summed E-state index contributed by atoms with van der Waals surface area (Å²) in [4.78, 5) is 24.6. The molecule has 3 rings (SSSR count). The summed E-state index contributed by atoms with van der Waals surface area (Å²) in [7, 11) is -2.67. The SMILES string of the molecule is COc1ccc(S(=O)(=O)N(Cc2ccccc2)[C@@H](C(=O)NO)C2CCNC(=O)CC2)cc1. The molecular formula is C22H27N3O6S. The molecule has 172 valence electrons. The highest BCUT2D eigenvalue weighted by Gasteiger charge is 2.41. The Morgan fingerprint density at radius 2 is 1.88 bits per heavy atom. The molecule has 2 atom stereocenters. The van der Waals surface area contributed by atoms with Crippen molar-refractivity contribution in [3.8, 4) is 5.75 Å². The van der Waals surface area contributed by atoms with Crippen molar-refractivity contribution in [1.29, 1.82) is 0 Å². The molecule has 0 bridgehead atoms. The molecule has 3 N–H and O–H groups in total. The van der Waals surface area contributed by atoms with Crippen LogP contribution in [0.4, 0.5) is 0 Å². The highest BCUT2D eigenvalue weighted by atomic mass is 32.2. The van der Waals surface area contributed by atoms with E-state index in [4.69, 9.17) is 4.74 Å². The van der Waals surface area contributed by atoms with Crippen molar-refractivity contribution < 1.29 is 28.0 Å². The van der Waals surface area contributed by atoms with Crippen LogP contribution in [0.15, 0.2) is 59.5 Å². The normalized spacial score (nSPS) is 17.8. The zero-order valence-electron chi connectivity index (χ0n) is 17.7. The molecule has 2 amide bonds. The van der Waals surface area contributed by atoms with E-state index in [1.165, 1.54) is 31.4 Å². The van der Waals surface area contributed by atoms with Gasteiger partial charge in [0.2, 0.25) is 15.9 Å². The summed E-state index contributed by atoms with van der Waals surface area (Å²) in [6, 6.07) is 13.6. The molecule has 0 aromatic heterocycles. The quantitative estimate of drug-likeness (QED) is 0.406. The van der Waals surface area contributed by atoms with Crippen molar-refractivity contribution in [3.63, 3.8) is 0 Å². The molecule has 1 unspecified atom stereocenters. The fraction of sp³-hybridized carbons (Fsp3) is 0.364. The van der Waals surface area contributed by atoms with Crippen LogP contribution in [0.25, 0.3) is 0 Å². The monoisotopic (exact) mass is 461 g/mol. The predicted octanol–water partition coefficient (Wildman–Crippen LogP) is 1.68. The summed E-state index contributed by atoms with van der Waals surface area (Å²) in [6.45, 7) is 0.242. The number of ether oxygens (including phenoxy) is 1. The van der Waals surface area contributed by atoms with Crippen LogP contribution < -0.4 is 15.5 Å². The summed E-state index contributed by atoms with van der Waals surface area (Å²) >= 11 is 0. The van der Waals surface area contributed by atoms with Gasteiger partial charge in [-0.3, -0.25) is 14.8 Å². The molecule has 1 aliphatic heterocycles. The molecule has 0 spiro atoms. The van der Waals surface area contributed by atoms with Gasteiger partial charge >= 0.3 is 0 Å². The topological polar surface area (TPSA) is 125 Å².